The first-order valence-electron chi connectivity index (χ1n) is 11.4. The highest BCUT2D eigenvalue weighted by molar-refractivity contribution is 7.15. The third-order valence-electron chi connectivity index (χ3n) is 6.12. The molecule has 1 aliphatic rings. The van der Waals surface area contributed by atoms with E-state index in [9.17, 15) is 14.4 Å². The number of furan rings is 1. The van der Waals surface area contributed by atoms with Crippen molar-refractivity contribution in [3.05, 3.63) is 69.1 Å². The van der Waals surface area contributed by atoms with Crippen LogP contribution in [0.4, 0.5) is 15.2 Å². The van der Waals surface area contributed by atoms with Crippen molar-refractivity contribution >= 4 is 44.9 Å². The zero-order chi connectivity index (χ0) is 25.4. The lowest BCUT2D eigenvalue weighted by molar-refractivity contribution is 0.0714. The fourth-order valence-electron chi connectivity index (χ4n) is 4.28. The molecule has 5 rings (SSSR count). The molecule has 0 atom stereocenters. The number of fused-ring (bicyclic) bond motifs is 1. The Labute approximate surface area is 208 Å². The molecule has 1 aromatic carbocycles. The molecule has 3 aromatic heterocycles. The van der Waals surface area contributed by atoms with E-state index in [4.69, 9.17) is 4.42 Å². The Morgan fingerprint density at radius 2 is 1.97 bits per heavy atom. The van der Waals surface area contributed by atoms with Crippen LogP contribution in [-0.2, 0) is 6.54 Å². The quantitative estimate of drug-likeness (QED) is 0.439. The molecule has 4 aromatic rings. The maximum absolute atomic E-state index is 15.3. The van der Waals surface area contributed by atoms with Crippen LogP contribution in [0.5, 0.6) is 0 Å². The topological polar surface area (TPSA) is 114 Å². The van der Waals surface area contributed by atoms with Crippen molar-refractivity contribution in [1.82, 2.24) is 19.7 Å². The molecule has 12 heteroatoms. The molecule has 2 amide bonds. The Morgan fingerprint density at radius 1 is 1.19 bits per heavy atom. The Hall–Kier alpha value is -4.06. The third-order valence-corrected chi connectivity index (χ3v) is 6.87. The minimum absolute atomic E-state index is 0.102. The Morgan fingerprint density at radius 3 is 2.61 bits per heavy atom. The number of hydrogen-bond acceptors (Lipinski definition) is 8. The first-order chi connectivity index (χ1) is 17.4. The van der Waals surface area contributed by atoms with Crippen LogP contribution in [0, 0.1) is 12.7 Å². The third kappa shape index (κ3) is 4.35. The van der Waals surface area contributed by atoms with Gasteiger partial charge >= 0.3 is 0 Å². The summed E-state index contributed by atoms with van der Waals surface area (Å²) < 4.78 is 22.2. The number of hydrogen-bond donors (Lipinski definition) is 1. The lowest BCUT2D eigenvalue weighted by Gasteiger charge is -2.36. The molecule has 1 aliphatic heterocycles. The van der Waals surface area contributed by atoms with E-state index in [1.165, 1.54) is 29.9 Å². The van der Waals surface area contributed by atoms with Crippen molar-refractivity contribution in [3.63, 3.8) is 0 Å². The predicted molar refractivity (Wildman–Crippen MR) is 133 cm³/mol. The van der Waals surface area contributed by atoms with Crippen molar-refractivity contribution in [2.75, 3.05) is 36.4 Å². The van der Waals surface area contributed by atoms with E-state index in [-0.39, 0.29) is 27.7 Å². The van der Waals surface area contributed by atoms with E-state index in [0.29, 0.717) is 48.9 Å². The number of nitrogens with zero attached hydrogens (tertiary/aromatic N) is 5. The molecule has 10 nitrogen and oxygen atoms in total. The first kappa shape index (κ1) is 23.7. The minimum Gasteiger partial charge on any atom is -0.459 e. The number of nitrogens with one attached hydrogen (secondary N) is 1. The summed E-state index contributed by atoms with van der Waals surface area (Å²) >= 11 is 1.19. The minimum atomic E-state index is -0.623. The number of halogens is 1. The van der Waals surface area contributed by atoms with Gasteiger partial charge < -0.3 is 18.8 Å². The van der Waals surface area contributed by atoms with E-state index in [1.54, 1.807) is 34.6 Å². The molecular weight excluding hydrogens is 487 g/mol. The van der Waals surface area contributed by atoms with Gasteiger partial charge in [0.1, 0.15) is 16.4 Å². The van der Waals surface area contributed by atoms with Crippen LogP contribution in [-0.4, -0.2) is 57.7 Å². The van der Waals surface area contributed by atoms with Gasteiger partial charge in [0.25, 0.3) is 11.8 Å². The van der Waals surface area contributed by atoms with Gasteiger partial charge in [-0.2, -0.15) is 0 Å². The summed E-state index contributed by atoms with van der Waals surface area (Å²) in [6, 6.07) is 6.10. The number of benzene rings is 1. The van der Waals surface area contributed by atoms with Crippen molar-refractivity contribution in [2.24, 2.45) is 0 Å². The Kier molecular flexibility index (Phi) is 6.27. The zero-order valence-electron chi connectivity index (χ0n) is 19.7. The smallest absolute Gasteiger partial charge is 0.289 e. The van der Waals surface area contributed by atoms with Crippen molar-refractivity contribution < 1.29 is 18.4 Å². The summed E-state index contributed by atoms with van der Waals surface area (Å²) in [6.45, 7) is 5.75. The van der Waals surface area contributed by atoms with Gasteiger partial charge in [-0.3, -0.25) is 19.7 Å². The summed E-state index contributed by atoms with van der Waals surface area (Å²) in [5, 5.41) is 11.4. The second-order valence-corrected chi connectivity index (χ2v) is 9.50. The van der Waals surface area contributed by atoms with Gasteiger partial charge in [0.2, 0.25) is 10.6 Å². The Balaban J connectivity index is 1.42. The average Bonchev–Trinajstić information content (AvgIpc) is 3.56. The van der Waals surface area contributed by atoms with Gasteiger partial charge in [0, 0.05) is 44.3 Å². The van der Waals surface area contributed by atoms with Gasteiger partial charge in [-0.1, -0.05) is 11.3 Å². The molecular formula is C24H23FN6O4S. The molecule has 1 saturated heterocycles. The monoisotopic (exact) mass is 510 g/mol. The van der Waals surface area contributed by atoms with Gasteiger partial charge in [-0.25, -0.2) is 4.39 Å². The summed E-state index contributed by atoms with van der Waals surface area (Å²) in [6.07, 6.45) is 2.93. The van der Waals surface area contributed by atoms with Crippen LogP contribution in [0.2, 0.25) is 0 Å². The van der Waals surface area contributed by atoms with Gasteiger partial charge in [-0.15, -0.1) is 10.2 Å². The molecule has 0 unspecified atom stereocenters. The molecule has 0 radical (unpaired) electrons. The molecule has 4 heterocycles. The van der Waals surface area contributed by atoms with Crippen molar-refractivity contribution in [3.8, 4) is 0 Å². The van der Waals surface area contributed by atoms with Crippen LogP contribution < -0.4 is 15.6 Å². The van der Waals surface area contributed by atoms with Crippen LogP contribution in [0.1, 0.15) is 32.8 Å². The zero-order valence-corrected chi connectivity index (χ0v) is 20.5. The number of pyridine rings is 1. The van der Waals surface area contributed by atoms with Gasteiger partial charge in [0.15, 0.2) is 5.76 Å². The summed E-state index contributed by atoms with van der Waals surface area (Å²) in [4.78, 5) is 42.0. The van der Waals surface area contributed by atoms with E-state index in [2.05, 4.69) is 15.5 Å². The second-order valence-electron chi connectivity index (χ2n) is 8.32. The van der Waals surface area contributed by atoms with Crippen LogP contribution in [0.25, 0.3) is 10.9 Å². The number of rotatable bonds is 5. The molecule has 0 saturated carbocycles. The normalized spacial score (nSPS) is 13.9. The average molecular weight is 511 g/mol. The van der Waals surface area contributed by atoms with E-state index in [0.717, 1.165) is 0 Å². The number of anilines is 2. The molecule has 1 fully saturated rings. The van der Waals surface area contributed by atoms with Crippen LogP contribution >= 0.6 is 11.3 Å². The highest BCUT2D eigenvalue weighted by Gasteiger charge is 2.26. The maximum atomic E-state index is 15.3. The fourth-order valence-corrected chi connectivity index (χ4v) is 4.87. The molecule has 0 aliphatic carbocycles. The summed E-state index contributed by atoms with van der Waals surface area (Å²) in [5.41, 5.74) is 0.203. The molecule has 186 valence electrons. The van der Waals surface area contributed by atoms with E-state index in [1.807, 2.05) is 11.8 Å². The number of piperazine rings is 1. The molecule has 0 spiro atoms. The molecule has 36 heavy (non-hydrogen) atoms. The van der Waals surface area contributed by atoms with Gasteiger partial charge in [0.05, 0.1) is 17.5 Å². The van der Waals surface area contributed by atoms with E-state index < -0.39 is 17.2 Å². The Bertz CT molecular complexity index is 1510. The number of amides is 2. The summed E-state index contributed by atoms with van der Waals surface area (Å²) in [7, 11) is 0. The van der Waals surface area contributed by atoms with Crippen molar-refractivity contribution in [2.45, 2.75) is 20.4 Å². The van der Waals surface area contributed by atoms with Gasteiger partial charge in [-0.05, 0) is 38.1 Å². The summed E-state index contributed by atoms with van der Waals surface area (Å²) in [5.74, 6) is -1.12. The first-order valence-corrected chi connectivity index (χ1v) is 12.2. The number of carbonyl (C=O) groups is 2. The molecule has 1 N–H and O–H groups in total. The van der Waals surface area contributed by atoms with Crippen molar-refractivity contribution in [1.29, 1.82) is 0 Å². The highest BCUT2D eigenvalue weighted by Crippen LogP contribution is 2.27. The lowest BCUT2D eigenvalue weighted by atomic mass is 10.1. The SMILES string of the molecule is CCn1cc(C(=O)Nc2nnc(C)s2)c(=O)c2cc(F)c(N3CCN(C(=O)c4ccco4)CC3)cc21. The van der Waals surface area contributed by atoms with Crippen LogP contribution in [0.15, 0.2) is 45.9 Å². The highest BCUT2D eigenvalue weighted by atomic mass is 32.1. The lowest BCUT2D eigenvalue weighted by Crippen LogP contribution is -2.49. The standard InChI is InChI=1S/C24H23FN6O4S/c1-3-29-13-16(22(33)26-24-28-27-14(2)36-24)21(32)15-11-17(25)19(12-18(15)29)30-6-8-31(9-7-30)23(34)20-5-4-10-35-20/h4-5,10-13H,3,6-9H2,1-2H3,(H,26,28,33). The van der Waals surface area contributed by atoms with Crippen LogP contribution in [0.3, 0.4) is 0 Å². The fraction of sp³-hybridized carbons (Fsp3) is 0.292. The largest absolute Gasteiger partial charge is 0.459 e. The number of carbonyl (C=O) groups excluding carboxylic acids is 2. The number of aryl methyl sites for hydroxylation is 2. The molecule has 0 bridgehead atoms. The number of aromatic nitrogens is 3. The maximum Gasteiger partial charge on any atom is 0.289 e. The predicted octanol–water partition coefficient (Wildman–Crippen LogP) is 3.13. The second kappa shape index (κ2) is 9.53. The van der Waals surface area contributed by atoms with E-state index >= 15 is 4.39 Å².